The molecule has 0 aliphatic heterocycles. The Kier molecular flexibility index (Phi) is 9.02. The smallest absolute Gasteiger partial charge is 0.0969 e. The van der Waals surface area contributed by atoms with E-state index in [2.05, 4.69) is 37.1 Å². The van der Waals surface area contributed by atoms with E-state index in [0.29, 0.717) is 18.4 Å². The lowest BCUT2D eigenvalue weighted by Crippen LogP contribution is -2.02. The van der Waals surface area contributed by atoms with Gasteiger partial charge in [0, 0.05) is 23.4 Å². The molecule has 2 nitrogen and oxygen atoms in total. The van der Waals surface area contributed by atoms with Crippen LogP contribution in [-0.2, 0) is 6.54 Å². The molecule has 2 heterocycles. The van der Waals surface area contributed by atoms with Crippen molar-refractivity contribution in [2.24, 2.45) is 0 Å². The third-order valence-corrected chi connectivity index (χ3v) is 4.45. The van der Waals surface area contributed by atoms with Crippen LogP contribution in [0.2, 0.25) is 0 Å². The fourth-order valence-electron chi connectivity index (χ4n) is 3.21. The van der Waals surface area contributed by atoms with Gasteiger partial charge in [0.05, 0.1) is 23.1 Å². The van der Waals surface area contributed by atoms with Gasteiger partial charge in [0.1, 0.15) is 0 Å². The summed E-state index contributed by atoms with van der Waals surface area (Å²) in [5.74, 6) is 0. The van der Waals surface area contributed by atoms with E-state index in [0.717, 1.165) is 28.0 Å². The average molecular weight is 403 g/mol. The fraction of sp³-hybridized carbons (Fsp3) is 0.222. The highest BCUT2D eigenvalue weighted by Crippen LogP contribution is 2.33. The van der Waals surface area contributed by atoms with Crippen molar-refractivity contribution in [1.82, 2.24) is 9.55 Å². The van der Waals surface area contributed by atoms with Gasteiger partial charge in [0.15, 0.2) is 0 Å². The van der Waals surface area contributed by atoms with Crippen LogP contribution in [0.15, 0.2) is 79.7 Å². The lowest BCUT2D eigenvalue weighted by molar-refractivity contribution is 0.724. The molecule has 0 fully saturated rings. The number of aryl methyl sites for hydroxylation is 1. The summed E-state index contributed by atoms with van der Waals surface area (Å²) < 4.78 is 16.0. The van der Waals surface area contributed by atoms with Gasteiger partial charge in [-0.3, -0.25) is 4.98 Å². The monoisotopic (exact) mass is 402 g/mol. The molecule has 0 unspecified atom stereocenters. The summed E-state index contributed by atoms with van der Waals surface area (Å²) >= 11 is 0. The van der Waals surface area contributed by atoms with Crippen LogP contribution < -0.4 is 0 Å². The first kappa shape index (κ1) is 23.1. The molecule has 3 aromatic rings. The third kappa shape index (κ3) is 5.44. The van der Waals surface area contributed by atoms with Crippen molar-refractivity contribution in [3.05, 3.63) is 102 Å². The third-order valence-electron chi connectivity index (χ3n) is 4.45. The first-order valence-electron chi connectivity index (χ1n) is 10.4. The van der Waals surface area contributed by atoms with Crippen molar-refractivity contribution in [2.75, 3.05) is 0 Å². The summed E-state index contributed by atoms with van der Waals surface area (Å²) in [6.07, 6.45) is 11.0. The molecule has 0 radical (unpaired) electrons. The molecule has 30 heavy (non-hydrogen) atoms. The number of fused-ring (bicyclic) bond motifs is 1. The molecule has 0 spiro atoms. The SMILES string of the molecule is C=Cc1c(C(=CF)/C=C\C=C/C)c2nc(C)ccc2n1Cc1ccccc1.CCC. The zero-order valence-electron chi connectivity index (χ0n) is 18.4. The van der Waals surface area contributed by atoms with Crippen LogP contribution in [-0.4, -0.2) is 9.55 Å². The second-order valence-electron chi connectivity index (χ2n) is 7.01. The zero-order valence-corrected chi connectivity index (χ0v) is 18.4. The first-order chi connectivity index (χ1) is 14.6. The maximum Gasteiger partial charge on any atom is 0.0969 e. The summed E-state index contributed by atoms with van der Waals surface area (Å²) in [6.45, 7) is 12.8. The molecular weight excluding hydrogens is 371 g/mol. The Bertz CT molecular complexity index is 1050. The van der Waals surface area contributed by atoms with Gasteiger partial charge in [-0.2, -0.15) is 0 Å². The van der Waals surface area contributed by atoms with Crippen molar-refractivity contribution in [3.63, 3.8) is 0 Å². The minimum atomic E-state index is 0.484. The standard InChI is InChI=1S/C24H23FN2.C3H8/c1-4-6-8-13-20(16-25)23-21(5-2)27(17-19-11-9-7-10-12-19)22-15-14-18(3)26-24(22)23;1-3-2/h4-16H,2,17H2,1,3H3;3H2,1-2H3/b6-4-,13-8-,20-16?;. The molecule has 0 N–H and O–H groups in total. The van der Waals surface area contributed by atoms with E-state index in [1.807, 2.05) is 62.4 Å². The van der Waals surface area contributed by atoms with Crippen LogP contribution in [0.3, 0.4) is 0 Å². The van der Waals surface area contributed by atoms with Crippen molar-refractivity contribution in [2.45, 2.75) is 40.7 Å². The lowest BCUT2D eigenvalue weighted by atomic mass is 10.0. The molecule has 3 heteroatoms. The van der Waals surface area contributed by atoms with Crippen LogP contribution in [0.1, 0.15) is 49.7 Å². The molecule has 3 rings (SSSR count). The van der Waals surface area contributed by atoms with Crippen LogP contribution in [0, 0.1) is 6.92 Å². The number of halogens is 1. The molecule has 156 valence electrons. The van der Waals surface area contributed by atoms with Crippen LogP contribution >= 0.6 is 0 Å². The molecule has 0 aliphatic rings. The highest BCUT2D eigenvalue weighted by Gasteiger charge is 2.19. The van der Waals surface area contributed by atoms with Gasteiger partial charge < -0.3 is 4.57 Å². The highest BCUT2D eigenvalue weighted by atomic mass is 19.1. The molecule has 0 atom stereocenters. The number of rotatable bonds is 6. The van der Waals surface area contributed by atoms with E-state index < -0.39 is 0 Å². The number of hydrogen-bond donors (Lipinski definition) is 0. The predicted molar refractivity (Wildman–Crippen MR) is 129 cm³/mol. The second-order valence-corrected chi connectivity index (χ2v) is 7.01. The Morgan fingerprint density at radius 2 is 1.80 bits per heavy atom. The van der Waals surface area contributed by atoms with Crippen LogP contribution in [0.5, 0.6) is 0 Å². The molecule has 0 saturated carbocycles. The summed E-state index contributed by atoms with van der Waals surface area (Å²) in [6, 6.07) is 14.2. The molecule has 2 aromatic heterocycles. The molecule has 0 bridgehead atoms. The van der Waals surface area contributed by atoms with Gasteiger partial charge in [-0.05, 0) is 37.6 Å². The van der Waals surface area contributed by atoms with Gasteiger partial charge in [-0.25, -0.2) is 4.39 Å². The lowest BCUT2D eigenvalue weighted by Gasteiger charge is -2.09. The first-order valence-corrected chi connectivity index (χ1v) is 10.4. The van der Waals surface area contributed by atoms with Crippen molar-refractivity contribution in [1.29, 1.82) is 0 Å². The number of aromatic nitrogens is 2. The Balaban J connectivity index is 0.00000101. The summed E-state index contributed by atoms with van der Waals surface area (Å²) in [4.78, 5) is 4.72. The van der Waals surface area contributed by atoms with E-state index in [4.69, 9.17) is 4.98 Å². The highest BCUT2D eigenvalue weighted by molar-refractivity contribution is 5.97. The minimum Gasteiger partial charge on any atom is -0.335 e. The molecule has 0 aliphatic carbocycles. The Morgan fingerprint density at radius 1 is 1.10 bits per heavy atom. The number of hydrogen-bond acceptors (Lipinski definition) is 1. The summed E-state index contributed by atoms with van der Waals surface area (Å²) in [7, 11) is 0. The van der Waals surface area contributed by atoms with Crippen LogP contribution in [0.4, 0.5) is 4.39 Å². The molecule has 0 amide bonds. The van der Waals surface area contributed by atoms with Crippen molar-refractivity contribution in [3.8, 4) is 0 Å². The topological polar surface area (TPSA) is 17.8 Å². The number of allylic oxidation sites excluding steroid dienone is 5. The Labute approximate surface area is 179 Å². The van der Waals surface area contributed by atoms with Gasteiger partial charge in [0.2, 0.25) is 0 Å². The Hall–Kier alpha value is -3.20. The maximum atomic E-state index is 13.8. The zero-order chi connectivity index (χ0) is 21.9. The Morgan fingerprint density at radius 3 is 2.40 bits per heavy atom. The number of pyridine rings is 1. The van der Waals surface area contributed by atoms with E-state index >= 15 is 0 Å². The van der Waals surface area contributed by atoms with Gasteiger partial charge in [-0.15, -0.1) is 0 Å². The number of nitrogens with zero attached hydrogens (tertiary/aromatic N) is 2. The van der Waals surface area contributed by atoms with Crippen LogP contribution in [0.25, 0.3) is 22.7 Å². The van der Waals surface area contributed by atoms with E-state index in [1.165, 1.54) is 12.0 Å². The largest absolute Gasteiger partial charge is 0.335 e. The summed E-state index contributed by atoms with van der Waals surface area (Å²) in [5, 5.41) is 0. The van der Waals surface area contributed by atoms with Crippen molar-refractivity contribution >= 4 is 22.7 Å². The van der Waals surface area contributed by atoms with Crippen molar-refractivity contribution < 1.29 is 4.39 Å². The van der Waals surface area contributed by atoms with E-state index in [1.54, 1.807) is 12.2 Å². The fourth-order valence-corrected chi connectivity index (χ4v) is 3.21. The molecule has 0 saturated heterocycles. The maximum absolute atomic E-state index is 13.8. The van der Waals surface area contributed by atoms with E-state index in [9.17, 15) is 4.39 Å². The van der Waals surface area contributed by atoms with Gasteiger partial charge in [0.25, 0.3) is 0 Å². The quantitative estimate of drug-likeness (QED) is 0.383. The normalized spacial score (nSPS) is 11.8. The predicted octanol–water partition coefficient (Wildman–Crippen LogP) is 7.90. The number of benzene rings is 1. The minimum absolute atomic E-state index is 0.484. The second kappa shape index (κ2) is 11.7. The van der Waals surface area contributed by atoms with Gasteiger partial charge in [-0.1, -0.05) is 81.5 Å². The molecular formula is C27H31FN2. The van der Waals surface area contributed by atoms with E-state index in [-0.39, 0.29) is 0 Å². The average Bonchev–Trinajstić information content (AvgIpc) is 3.05. The summed E-state index contributed by atoms with van der Waals surface area (Å²) in [5.41, 5.74) is 5.93. The molecule has 1 aromatic carbocycles. The van der Waals surface area contributed by atoms with Gasteiger partial charge >= 0.3 is 0 Å².